The highest BCUT2D eigenvalue weighted by atomic mass is 16.5. The molecule has 0 aliphatic carbocycles. The summed E-state index contributed by atoms with van der Waals surface area (Å²) in [4.78, 5) is 15.4. The maximum atomic E-state index is 13.5. The standard InChI is InChI=1S/C24H26N2O3/c1-3-15-28-19-13-11-18(12-14-19)24(4-2)25-22-10-6-5-9-21(22)23(27)26(24)17-20-8-7-16-29-20/h5-14,16,25H,3-4,15,17H2,1-2H3. The average Bonchev–Trinajstić information content (AvgIpc) is 3.28. The summed E-state index contributed by atoms with van der Waals surface area (Å²) in [5.41, 5.74) is 1.85. The topological polar surface area (TPSA) is 54.7 Å². The number of hydrogen-bond acceptors (Lipinski definition) is 4. The third kappa shape index (κ3) is 3.48. The lowest BCUT2D eigenvalue weighted by Crippen LogP contribution is -2.56. The van der Waals surface area contributed by atoms with Gasteiger partial charge in [-0.15, -0.1) is 0 Å². The number of anilines is 1. The van der Waals surface area contributed by atoms with Crippen LogP contribution in [0.1, 0.15) is 48.4 Å². The molecular weight excluding hydrogens is 364 g/mol. The van der Waals surface area contributed by atoms with Crippen LogP contribution in [0.4, 0.5) is 5.69 Å². The van der Waals surface area contributed by atoms with Crippen molar-refractivity contribution < 1.29 is 13.9 Å². The van der Waals surface area contributed by atoms with Crippen molar-refractivity contribution in [1.29, 1.82) is 0 Å². The molecular formula is C24H26N2O3. The summed E-state index contributed by atoms with van der Waals surface area (Å²) in [6.45, 7) is 5.24. The molecule has 1 amide bonds. The van der Waals surface area contributed by atoms with E-state index in [1.165, 1.54) is 0 Å². The minimum Gasteiger partial charge on any atom is -0.494 e. The molecule has 0 saturated heterocycles. The van der Waals surface area contributed by atoms with Crippen LogP contribution in [-0.4, -0.2) is 17.4 Å². The molecule has 150 valence electrons. The summed E-state index contributed by atoms with van der Waals surface area (Å²) >= 11 is 0. The number of carbonyl (C=O) groups is 1. The molecule has 2 aromatic carbocycles. The number of furan rings is 1. The van der Waals surface area contributed by atoms with E-state index in [0.29, 0.717) is 25.1 Å². The van der Waals surface area contributed by atoms with Gasteiger partial charge in [-0.1, -0.05) is 38.1 Å². The molecule has 0 saturated carbocycles. The van der Waals surface area contributed by atoms with Crippen LogP contribution in [0.15, 0.2) is 71.3 Å². The predicted octanol–water partition coefficient (Wildman–Crippen LogP) is 5.40. The van der Waals surface area contributed by atoms with Crippen molar-refractivity contribution in [1.82, 2.24) is 4.90 Å². The Morgan fingerprint density at radius 2 is 1.83 bits per heavy atom. The van der Waals surface area contributed by atoms with Crippen LogP contribution in [0, 0.1) is 0 Å². The lowest BCUT2D eigenvalue weighted by atomic mass is 9.89. The fraction of sp³-hybridized carbons (Fsp3) is 0.292. The van der Waals surface area contributed by atoms with Crippen LogP contribution in [-0.2, 0) is 12.2 Å². The smallest absolute Gasteiger partial charge is 0.258 e. The van der Waals surface area contributed by atoms with Crippen LogP contribution < -0.4 is 10.1 Å². The molecule has 1 N–H and O–H groups in total. The maximum Gasteiger partial charge on any atom is 0.258 e. The van der Waals surface area contributed by atoms with Crippen molar-refractivity contribution in [3.05, 3.63) is 83.8 Å². The van der Waals surface area contributed by atoms with Crippen LogP contribution >= 0.6 is 0 Å². The summed E-state index contributed by atoms with van der Waals surface area (Å²) < 4.78 is 11.3. The van der Waals surface area contributed by atoms with Gasteiger partial charge in [0.25, 0.3) is 5.91 Å². The number of benzene rings is 2. The molecule has 3 aromatic rings. The number of amides is 1. The van der Waals surface area contributed by atoms with E-state index in [1.807, 2.05) is 65.6 Å². The van der Waals surface area contributed by atoms with Gasteiger partial charge < -0.3 is 19.4 Å². The molecule has 0 fully saturated rings. The lowest BCUT2D eigenvalue weighted by molar-refractivity contribution is 0.0430. The van der Waals surface area contributed by atoms with Crippen molar-refractivity contribution in [3.63, 3.8) is 0 Å². The van der Waals surface area contributed by atoms with Gasteiger partial charge in [-0.25, -0.2) is 0 Å². The Morgan fingerprint density at radius 3 is 2.52 bits per heavy atom. The minimum atomic E-state index is -0.679. The highest BCUT2D eigenvalue weighted by Gasteiger charge is 2.45. The highest BCUT2D eigenvalue weighted by Crippen LogP contribution is 2.41. The van der Waals surface area contributed by atoms with Crippen LogP contribution in [0.25, 0.3) is 0 Å². The van der Waals surface area contributed by atoms with Gasteiger partial charge >= 0.3 is 0 Å². The molecule has 5 nitrogen and oxygen atoms in total. The molecule has 1 aliphatic rings. The van der Waals surface area contributed by atoms with Crippen molar-refractivity contribution in [2.75, 3.05) is 11.9 Å². The first-order valence-electron chi connectivity index (χ1n) is 10.1. The summed E-state index contributed by atoms with van der Waals surface area (Å²) in [6.07, 6.45) is 3.30. The molecule has 1 atom stereocenters. The second-order valence-corrected chi connectivity index (χ2v) is 7.23. The number of carbonyl (C=O) groups excluding carboxylic acids is 1. The van der Waals surface area contributed by atoms with E-state index >= 15 is 0 Å². The monoisotopic (exact) mass is 390 g/mol. The third-order valence-electron chi connectivity index (χ3n) is 5.42. The van der Waals surface area contributed by atoms with Crippen molar-refractivity contribution in [2.24, 2.45) is 0 Å². The molecule has 2 heterocycles. The molecule has 1 aromatic heterocycles. The Kier molecular flexibility index (Phi) is 5.30. The Labute approximate surface area is 171 Å². The van der Waals surface area contributed by atoms with E-state index in [-0.39, 0.29) is 5.91 Å². The van der Waals surface area contributed by atoms with E-state index in [2.05, 4.69) is 19.2 Å². The molecule has 29 heavy (non-hydrogen) atoms. The van der Waals surface area contributed by atoms with Gasteiger partial charge in [-0.3, -0.25) is 4.79 Å². The van der Waals surface area contributed by atoms with E-state index in [4.69, 9.17) is 9.15 Å². The van der Waals surface area contributed by atoms with Gasteiger partial charge in [0.1, 0.15) is 17.2 Å². The third-order valence-corrected chi connectivity index (χ3v) is 5.42. The largest absolute Gasteiger partial charge is 0.494 e. The minimum absolute atomic E-state index is 0.0103. The van der Waals surface area contributed by atoms with Gasteiger partial charge in [0.15, 0.2) is 0 Å². The Bertz CT molecular complexity index is 966. The van der Waals surface area contributed by atoms with Crippen LogP contribution in [0.3, 0.4) is 0 Å². The van der Waals surface area contributed by atoms with Gasteiger partial charge in [-0.05, 0) is 54.8 Å². The molecule has 4 rings (SSSR count). The normalized spacial score (nSPS) is 18.3. The van der Waals surface area contributed by atoms with Crippen LogP contribution in [0.5, 0.6) is 5.75 Å². The average molecular weight is 390 g/mol. The van der Waals surface area contributed by atoms with E-state index in [1.54, 1.807) is 6.26 Å². The van der Waals surface area contributed by atoms with Crippen molar-refractivity contribution >= 4 is 11.6 Å². The van der Waals surface area contributed by atoms with Crippen molar-refractivity contribution in [2.45, 2.75) is 38.9 Å². The fourth-order valence-corrected chi connectivity index (χ4v) is 3.91. The first-order valence-corrected chi connectivity index (χ1v) is 10.1. The molecule has 0 radical (unpaired) electrons. The summed E-state index contributed by atoms with van der Waals surface area (Å²) in [5, 5.41) is 3.65. The number of nitrogens with zero attached hydrogens (tertiary/aromatic N) is 1. The Morgan fingerprint density at radius 1 is 1.03 bits per heavy atom. The molecule has 0 bridgehead atoms. The summed E-state index contributed by atoms with van der Waals surface area (Å²) in [5.74, 6) is 1.58. The predicted molar refractivity (Wildman–Crippen MR) is 113 cm³/mol. The van der Waals surface area contributed by atoms with Gasteiger partial charge in [0.05, 0.1) is 25.0 Å². The Hall–Kier alpha value is -3.21. The highest BCUT2D eigenvalue weighted by molar-refractivity contribution is 6.02. The number of rotatable bonds is 7. The summed E-state index contributed by atoms with van der Waals surface area (Å²) in [7, 11) is 0. The number of ether oxygens (including phenoxy) is 1. The SMILES string of the molecule is CCCOc1ccc(C2(CC)Nc3ccccc3C(=O)N2Cc2ccco2)cc1. The number of fused-ring (bicyclic) bond motifs is 1. The number of hydrogen-bond donors (Lipinski definition) is 1. The quantitative estimate of drug-likeness (QED) is 0.587. The molecule has 1 unspecified atom stereocenters. The van der Waals surface area contributed by atoms with E-state index in [0.717, 1.165) is 29.2 Å². The zero-order valence-corrected chi connectivity index (χ0v) is 16.9. The van der Waals surface area contributed by atoms with Crippen LogP contribution in [0.2, 0.25) is 0 Å². The van der Waals surface area contributed by atoms with Gasteiger partial charge in [0, 0.05) is 5.69 Å². The second kappa shape index (κ2) is 8.03. The van der Waals surface area contributed by atoms with Gasteiger partial charge in [-0.2, -0.15) is 0 Å². The van der Waals surface area contributed by atoms with E-state index in [9.17, 15) is 4.79 Å². The first-order chi connectivity index (χ1) is 14.2. The first kappa shape index (κ1) is 19.1. The maximum absolute atomic E-state index is 13.5. The van der Waals surface area contributed by atoms with Gasteiger partial charge in [0.2, 0.25) is 0 Å². The number of para-hydroxylation sites is 1. The second-order valence-electron chi connectivity index (χ2n) is 7.23. The number of nitrogens with one attached hydrogen (secondary N) is 1. The molecule has 5 heteroatoms. The zero-order valence-electron chi connectivity index (χ0n) is 16.9. The zero-order chi connectivity index (χ0) is 20.3. The molecule has 0 spiro atoms. The Balaban J connectivity index is 1.77. The lowest BCUT2D eigenvalue weighted by Gasteiger charge is -2.48. The summed E-state index contributed by atoms with van der Waals surface area (Å²) in [6, 6.07) is 19.4. The fourth-order valence-electron chi connectivity index (χ4n) is 3.91. The van der Waals surface area contributed by atoms with Crippen molar-refractivity contribution in [3.8, 4) is 5.75 Å². The molecule has 1 aliphatic heterocycles. The van der Waals surface area contributed by atoms with E-state index < -0.39 is 5.66 Å².